The van der Waals surface area contributed by atoms with Gasteiger partial charge in [0.25, 0.3) is 0 Å². The summed E-state index contributed by atoms with van der Waals surface area (Å²) in [4.78, 5) is 13.9. The van der Waals surface area contributed by atoms with Gasteiger partial charge >= 0.3 is 0 Å². The molecule has 19 heavy (non-hydrogen) atoms. The van der Waals surface area contributed by atoms with Gasteiger partial charge in [-0.05, 0) is 25.2 Å². The van der Waals surface area contributed by atoms with Crippen molar-refractivity contribution in [2.75, 3.05) is 32.1 Å². The first-order chi connectivity index (χ1) is 9.21. The van der Waals surface area contributed by atoms with E-state index in [1.54, 1.807) is 7.11 Å². The Morgan fingerprint density at radius 2 is 1.79 bits per heavy atom. The Labute approximate surface area is 116 Å². The molecule has 0 spiro atoms. The SMILES string of the molecule is CC.CCN(CC)CC(=O)Nc1ccccc1OC. The number of hydrogen-bond acceptors (Lipinski definition) is 3. The molecule has 0 aliphatic heterocycles. The number of nitrogens with one attached hydrogen (secondary N) is 1. The molecule has 4 nitrogen and oxygen atoms in total. The van der Waals surface area contributed by atoms with Gasteiger partial charge in [0.2, 0.25) is 5.91 Å². The van der Waals surface area contributed by atoms with Crippen LogP contribution in [-0.4, -0.2) is 37.6 Å². The van der Waals surface area contributed by atoms with Crippen LogP contribution >= 0.6 is 0 Å². The number of rotatable bonds is 6. The Bertz CT molecular complexity index is 363. The Hall–Kier alpha value is -1.55. The van der Waals surface area contributed by atoms with Crippen molar-refractivity contribution >= 4 is 11.6 Å². The van der Waals surface area contributed by atoms with E-state index in [0.29, 0.717) is 18.0 Å². The maximum atomic E-state index is 11.8. The number of benzene rings is 1. The zero-order chi connectivity index (χ0) is 14.7. The van der Waals surface area contributed by atoms with Crippen LogP contribution in [0.2, 0.25) is 0 Å². The van der Waals surface area contributed by atoms with E-state index < -0.39 is 0 Å². The Morgan fingerprint density at radius 1 is 1.21 bits per heavy atom. The smallest absolute Gasteiger partial charge is 0.238 e. The summed E-state index contributed by atoms with van der Waals surface area (Å²) in [5.41, 5.74) is 0.715. The highest BCUT2D eigenvalue weighted by Crippen LogP contribution is 2.22. The number of hydrogen-bond donors (Lipinski definition) is 1. The highest BCUT2D eigenvalue weighted by molar-refractivity contribution is 5.93. The van der Waals surface area contributed by atoms with Crippen LogP contribution in [0.4, 0.5) is 5.69 Å². The lowest BCUT2D eigenvalue weighted by atomic mass is 10.3. The Morgan fingerprint density at radius 3 is 2.32 bits per heavy atom. The van der Waals surface area contributed by atoms with Gasteiger partial charge in [-0.25, -0.2) is 0 Å². The van der Waals surface area contributed by atoms with E-state index in [-0.39, 0.29) is 5.91 Å². The van der Waals surface area contributed by atoms with Crippen molar-refractivity contribution in [3.63, 3.8) is 0 Å². The van der Waals surface area contributed by atoms with E-state index in [1.807, 2.05) is 52.0 Å². The summed E-state index contributed by atoms with van der Waals surface area (Å²) in [5.74, 6) is 0.665. The first-order valence-electron chi connectivity index (χ1n) is 6.86. The fourth-order valence-electron chi connectivity index (χ4n) is 1.59. The third-order valence-corrected chi connectivity index (χ3v) is 2.64. The van der Waals surface area contributed by atoms with Crippen molar-refractivity contribution in [2.24, 2.45) is 0 Å². The number of anilines is 1. The minimum Gasteiger partial charge on any atom is -0.495 e. The molecule has 0 saturated heterocycles. The molecule has 0 heterocycles. The van der Waals surface area contributed by atoms with Crippen LogP contribution in [0.25, 0.3) is 0 Å². The summed E-state index contributed by atoms with van der Waals surface area (Å²) in [6.45, 7) is 10.2. The molecular weight excluding hydrogens is 240 g/mol. The van der Waals surface area contributed by atoms with Crippen LogP contribution in [0.15, 0.2) is 24.3 Å². The van der Waals surface area contributed by atoms with Crippen LogP contribution in [0, 0.1) is 0 Å². The van der Waals surface area contributed by atoms with Gasteiger partial charge < -0.3 is 10.1 Å². The molecule has 0 radical (unpaired) electrons. The van der Waals surface area contributed by atoms with Crippen molar-refractivity contribution in [3.05, 3.63) is 24.3 Å². The molecule has 1 aromatic carbocycles. The number of methoxy groups -OCH3 is 1. The molecular formula is C15H26N2O2. The van der Waals surface area contributed by atoms with E-state index >= 15 is 0 Å². The highest BCUT2D eigenvalue weighted by atomic mass is 16.5. The zero-order valence-corrected chi connectivity index (χ0v) is 12.7. The average molecular weight is 266 g/mol. The zero-order valence-electron chi connectivity index (χ0n) is 12.7. The topological polar surface area (TPSA) is 41.6 Å². The van der Waals surface area contributed by atoms with Crippen molar-refractivity contribution in [3.8, 4) is 5.75 Å². The number of carbonyl (C=O) groups excluding carboxylic acids is 1. The molecule has 0 atom stereocenters. The monoisotopic (exact) mass is 266 g/mol. The minimum atomic E-state index is -0.0156. The second-order valence-corrected chi connectivity index (χ2v) is 3.71. The fourth-order valence-corrected chi connectivity index (χ4v) is 1.59. The van der Waals surface area contributed by atoms with Crippen molar-refractivity contribution in [1.29, 1.82) is 0 Å². The Balaban J connectivity index is 0.00000154. The summed E-state index contributed by atoms with van der Waals surface area (Å²) in [7, 11) is 1.59. The number of ether oxygens (including phenoxy) is 1. The number of nitrogens with zero attached hydrogens (tertiary/aromatic N) is 1. The summed E-state index contributed by atoms with van der Waals surface area (Å²) >= 11 is 0. The van der Waals surface area contributed by atoms with E-state index in [4.69, 9.17) is 4.74 Å². The molecule has 1 aromatic rings. The van der Waals surface area contributed by atoms with Crippen LogP contribution in [0.1, 0.15) is 27.7 Å². The summed E-state index contributed by atoms with van der Waals surface area (Å²) in [6, 6.07) is 7.40. The largest absolute Gasteiger partial charge is 0.495 e. The summed E-state index contributed by atoms with van der Waals surface area (Å²) < 4.78 is 5.18. The number of amides is 1. The van der Waals surface area contributed by atoms with Crippen molar-refractivity contribution < 1.29 is 9.53 Å². The van der Waals surface area contributed by atoms with Crippen LogP contribution in [-0.2, 0) is 4.79 Å². The normalized spacial score (nSPS) is 9.58. The van der Waals surface area contributed by atoms with Gasteiger partial charge in [0.1, 0.15) is 5.75 Å². The predicted octanol–water partition coefficient (Wildman–Crippen LogP) is 3.00. The minimum absolute atomic E-state index is 0.0156. The summed E-state index contributed by atoms with van der Waals surface area (Å²) in [5, 5.41) is 2.85. The second-order valence-electron chi connectivity index (χ2n) is 3.71. The number of likely N-dealkylation sites (N-methyl/N-ethyl adjacent to an activating group) is 1. The van der Waals surface area contributed by atoms with Gasteiger partial charge in [-0.3, -0.25) is 9.69 Å². The van der Waals surface area contributed by atoms with Gasteiger partial charge in [-0.15, -0.1) is 0 Å². The quantitative estimate of drug-likeness (QED) is 0.860. The first-order valence-corrected chi connectivity index (χ1v) is 6.86. The molecule has 0 unspecified atom stereocenters. The lowest BCUT2D eigenvalue weighted by molar-refractivity contribution is -0.117. The summed E-state index contributed by atoms with van der Waals surface area (Å²) in [6.07, 6.45) is 0. The molecule has 0 aliphatic rings. The molecule has 1 rings (SSSR count). The number of carbonyl (C=O) groups is 1. The first kappa shape index (κ1) is 17.4. The van der Waals surface area contributed by atoms with Crippen LogP contribution < -0.4 is 10.1 Å². The lowest BCUT2D eigenvalue weighted by Crippen LogP contribution is -2.32. The van der Waals surface area contributed by atoms with Crippen molar-refractivity contribution in [1.82, 2.24) is 4.90 Å². The molecule has 4 heteroatoms. The molecule has 0 fully saturated rings. The van der Waals surface area contributed by atoms with E-state index in [2.05, 4.69) is 10.2 Å². The van der Waals surface area contributed by atoms with E-state index in [0.717, 1.165) is 13.1 Å². The lowest BCUT2D eigenvalue weighted by Gasteiger charge is -2.17. The van der Waals surface area contributed by atoms with Gasteiger partial charge in [-0.1, -0.05) is 39.8 Å². The standard InChI is InChI=1S/C13H20N2O2.C2H6/c1-4-15(5-2)10-13(16)14-11-8-6-7-9-12(11)17-3;1-2/h6-9H,4-5,10H2,1-3H3,(H,14,16);1-2H3. The van der Waals surface area contributed by atoms with Gasteiger partial charge in [-0.2, -0.15) is 0 Å². The predicted molar refractivity (Wildman–Crippen MR) is 80.8 cm³/mol. The third-order valence-electron chi connectivity index (χ3n) is 2.64. The molecule has 0 aliphatic carbocycles. The maximum absolute atomic E-state index is 11.8. The molecule has 1 N–H and O–H groups in total. The molecule has 0 bridgehead atoms. The van der Waals surface area contributed by atoms with Crippen molar-refractivity contribution in [2.45, 2.75) is 27.7 Å². The molecule has 0 aromatic heterocycles. The fraction of sp³-hybridized carbons (Fsp3) is 0.533. The Kier molecular flexibility index (Phi) is 9.53. The van der Waals surface area contributed by atoms with Gasteiger partial charge in [0.15, 0.2) is 0 Å². The number of para-hydroxylation sites is 2. The van der Waals surface area contributed by atoms with Crippen LogP contribution in [0.5, 0.6) is 5.75 Å². The molecule has 108 valence electrons. The molecule has 1 amide bonds. The van der Waals surface area contributed by atoms with Crippen LogP contribution in [0.3, 0.4) is 0 Å². The van der Waals surface area contributed by atoms with E-state index in [1.165, 1.54) is 0 Å². The van der Waals surface area contributed by atoms with E-state index in [9.17, 15) is 4.79 Å². The maximum Gasteiger partial charge on any atom is 0.238 e. The van der Waals surface area contributed by atoms with Gasteiger partial charge in [0, 0.05) is 0 Å². The highest BCUT2D eigenvalue weighted by Gasteiger charge is 2.09. The third kappa shape index (κ3) is 6.25. The van der Waals surface area contributed by atoms with Gasteiger partial charge in [0.05, 0.1) is 19.3 Å². The molecule has 0 saturated carbocycles. The average Bonchev–Trinajstić information content (AvgIpc) is 2.47. The second kappa shape index (κ2) is 10.4.